The quantitative estimate of drug-likeness (QED) is 0.772. The fourth-order valence-corrected chi connectivity index (χ4v) is 4.25. The highest BCUT2D eigenvalue weighted by Gasteiger charge is 2.65. The minimum absolute atomic E-state index is 0.148. The molecule has 0 N–H and O–H groups in total. The summed E-state index contributed by atoms with van der Waals surface area (Å²) in [5, 5.41) is 0. The van der Waals surface area contributed by atoms with Gasteiger partial charge in [0.1, 0.15) is 11.6 Å². The number of ketones is 1. The van der Waals surface area contributed by atoms with Gasteiger partial charge in [0.05, 0.1) is 0 Å². The molecule has 2 aliphatic carbocycles. The van der Waals surface area contributed by atoms with E-state index in [4.69, 9.17) is 0 Å². The molecule has 0 aromatic heterocycles. The van der Waals surface area contributed by atoms with E-state index in [-0.39, 0.29) is 17.2 Å². The molecule has 2 aliphatic rings. The van der Waals surface area contributed by atoms with Gasteiger partial charge in [0.15, 0.2) is 0 Å². The molecular formula is C18H23FO. The van der Waals surface area contributed by atoms with Crippen molar-refractivity contribution in [2.24, 2.45) is 23.2 Å². The Bertz CT molecular complexity index is 519. The molecule has 1 aromatic carbocycles. The molecule has 2 saturated carbocycles. The van der Waals surface area contributed by atoms with Gasteiger partial charge < -0.3 is 0 Å². The van der Waals surface area contributed by atoms with Gasteiger partial charge in [-0.3, -0.25) is 4.79 Å². The molecular weight excluding hydrogens is 251 g/mol. The van der Waals surface area contributed by atoms with Crippen LogP contribution in [0.25, 0.3) is 0 Å². The second-order valence-corrected chi connectivity index (χ2v) is 7.04. The Balaban J connectivity index is 1.88. The Morgan fingerprint density at radius 2 is 1.85 bits per heavy atom. The van der Waals surface area contributed by atoms with Gasteiger partial charge in [0.2, 0.25) is 0 Å². The van der Waals surface area contributed by atoms with Crippen LogP contribution in [0.2, 0.25) is 0 Å². The Hall–Kier alpha value is -1.18. The van der Waals surface area contributed by atoms with Crippen molar-refractivity contribution in [3.63, 3.8) is 0 Å². The first-order chi connectivity index (χ1) is 9.46. The van der Waals surface area contributed by atoms with Gasteiger partial charge in [0.25, 0.3) is 0 Å². The highest BCUT2D eigenvalue weighted by molar-refractivity contribution is 5.92. The highest BCUT2D eigenvalue weighted by atomic mass is 19.1. The van der Waals surface area contributed by atoms with Crippen LogP contribution >= 0.6 is 0 Å². The topological polar surface area (TPSA) is 17.1 Å². The lowest BCUT2D eigenvalue weighted by Crippen LogP contribution is -2.39. The third-order valence-electron chi connectivity index (χ3n) is 5.67. The third-order valence-corrected chi connectivity index (χ3v) is 5.67. The van der Waals surface area contributed by atoms with E-state index in [1.54, 1.807) is 0 Å². The molecule has 1 aromatic rings. The van der Waals surface area contributed by atoms with Crippen LogP contribution in [0, 0.1) is 29.0 Å². The molecule has 3 rings (SSSR count). The van der Waals surface area contributed by atoms with E-state index in [1.807, 2.05) is 12.1 Å². The zero-order valence-corrected chi connectivity index (χ0v) is 12.5. The van der Waals surface area contributed by atoms with Crippen molar-refractivity contribution in [3.8, 4) is 0 Å². The second kappa shape index (κ2) is 4.68. The largest absolute Gasteiger partial charge is 0.299 e. The van der Waals surface area contributed by atoms with Crippen molar-refractivity contribution in [2.75, 3.05) is 0 Å². The van der Waals surface area contributed by atoms with E-state index in [9.17, 15) is 9.18 Å². The third kappa shape index (κ3) is 1.92. The van der Waals surface area contributed by atoms with Gasteiger partial charge in [-0.1, -0.05) is 32.9 Å². The lowest BCUT2D eigenvalue weighted by atomic mass is 9.66. The minimum Gasteiger partial charge on any atom is -0.299 e. The van der Waals surface area contributed by atoms with E-state index >= 15 is 0 Å². The van der Waals surface area contributed by atoms with E-state index in [0.717, 1.165) is 24.8 Å². The van der Waals surface area contributed by atoms with E-state index in [0.29, 0.717) is 23.5 Å². The number of carbonyl (C=O) groups is 1. The summed E-state index contributed by atoms with van der Waals surface area (Å²) in [6.45, 7) is 6.53. The highest BCUT2D eigenvalue weighted by Crippen LogP contribution is 2.68. The summed E-state index contributed by atoms with van der Waals surface area (Å²) in [5.41, 5.74) is 0.987. The van der Waals surface area contributed by atoms with Crippen LogP contribution in [-0.4, -0.2) is 5.78 Å². The zero-order valence-electron chi connectivity index (χ0n) is 12.5. The average molecular weight is 274 g/mol. The lowest BCUT2D eigenvalue weighted by molar-refractivity contribution is -0.135. The van der Waals surface area contributed by atoms with Crippen molar-refractivity contribution in [3.05, 3.63) is 35.6 Å². The first-order valence-corrected chi connectivity index (χ1v) is 7.76. The molecule has 2 heteroatoms. The molecule has 1 spiro atoms. The Kier molecular flexibility index (Phi) is 3.23. The summed E-state index contributed by atoms with van der Waals surface area (Å²) in [6.07, 6.45) is 3.14. The maximum Gasteiger partial charge on any atom is 0.143 e. The summed E-state index contributed by atoms with van der Waals surface area (Å²) < 4.78 is 13.1. The molecule has 1 nitrogen and oxygen atoms in total. The summed E-state index contributed by atoms with van der Waals surface area (Å²) in [5.74, 6) is 1.69. The maximum atomic E-state index is 13.1. The number of hydrogen-bond donors (Lipinski definition) is 0. The van der Waals surface area contributed by atoms with Crippen LogP contribution in [0.1, 0.15) is 51.5 Å². The predicted octanol–water partition coefficient (Wildman–Crippen LogP) is 4.57. The number of hydrogen-bond acceptors (Lipinski definition) is 1. The molecule has 108 valence electrons. The summed E-state index contributed by atoms with van der Waals surface area (Å²) in [4.78, 5) is 12.9. The SMILES string of the molecule is CC(C)[C@H]1CC[C@H](C)[C@]2(C[C@@H]2c2ccc(F)cc2)C1=O. The Morgan fingerprint density at radius 1 is 1.20 bits per heavy atom. The molecule has 0 unspecified atom stereocenters. The van der Waals surface area contributed by atoms with Crippen LogP contribution in [0.5, 0.6) is 0 Å². The van der Waals surface area contributed by atoms with Gasteiger partial charge in [-0.15, -0.1) is 0 Å². The van der Waals surface area contributed by atoms with Crippen molar-refractivity contribution in [1.82, 2.24) is 0 Å². The van der Waals surface area contributed by atoms with Gasteiger partial charge in [0, 0.05) is 11.3 Å². The number of carbonyl (C=O) groups excluding carboxylic acids is 1. The summed E-state index contributed by atoms with van der Waals surface area (Å²) in [6, 6.07) is 6.74. The normalized spacial score (nSPS) is 36.6. The Labute approximate surface area is 120 Å². The van der Waals surface area contributed by atoms with Crippen LogP contribution in [-0.2, 0) is 4.79 Å². The van der Waals surface area contributed by atoms with Crippen molar-refractivity contribution in [1.29, 1.82) is 0 Å². The van der Waals surface area contributed by atoms with Crippen molar-refractivity contribution >= 4 is 5.78 Å². The van der Waals surface area contributed by atoms with Crippen molar-refractivity contribution < 1.29 is 9.18 Å². The van der Waals surface area contributed by atoms with Crippen LogP contribution in [0.3, 0.4) is 0 Å². The second-order valence-electron chi connectivity index (χ2n) is 7.04. The predicted molar refractivity (Wildman–Crippen MR) is 77.9 cm³/mol. The maximum absolute atomic E-state index is 13.1. The zero-order chi connectivity index (χ0) is 14.5. The molecule has 2 fully saturated rings. The average Bonchev–Trinajstić information content (AvgIpc) is 3.14. The van der Waals surface area contributed by atoms with Crippen LogP contribution < -0.4 is 0 Å². The monoisotopic (exact) mass is 274 g/mol. The minimum atomic E-state index is -0.202. The van der Waals surface area contributed by atoms with Gasteiger partial charge >= 0.3 is 0 Å². The van der Waals surface area contributed by atoms with E-state index in [2.05, 4.69) is 20.8 Å². The number of Topliss-reactive ketones (excluding diaryl/α,β-unsaturated/α-hetero) is 1. The molecule has 0 aliphatic heterocycles. The Morgan fingerprint density at radius 3 is 2.45 bits per heavy atom. The molecule has 0 radical (unpaired) electrons. The number of benzene rings is 1. The molecule has 0 amide bonds. The standard InChI is InChI=1S/C18H23FO/c1-11(2)15-9-4-12(3)18(17(15)20)10-16(18)13-5-7-14(19)8-6-13/h5-8,11-12,15-16H,4,9-10H2,1-3H3/t12-,15+,16+,18-/m0/s1. The molecule has 0 bridgehead atoms. The fourth-order valence-electron chi connectivity index (χ4n) is 4.25. The molecule has 20 heavy (non-hydrogen) atoms. The summed E-state index contributed by atoms with van der Waals surface area (Å²) >= 11 is 0. The van der Waals surface area contributed by atoms with Gasteiger partial charge in [-0.2, -0.15) is 0 Å². The van der Waals surface area contributed by atoms with Crippen LogP contribution in [0.15, 0.2) is 24.3 Å². The lowest BCUT2D eigenvalue weighted by Gasteiger charge is -2.36. The first-order valence-electron chi connectivity index (χ1n) is 7.76. The smallest absolute Gasteiger partial charge is 0.143 e. The van der Waals surface area contributed by atoms with E-state index < -0.39 is 0 Å². The van der Waals surface area contributed by atoms with Gasteiger partial charge in [-0.25, -0.2) is 4.39 Å². The van der Waals surface area contributed by atoms with Gasteiger partial charge in [-0.05, 0) is 54.7 Å². The number of rotatable bonds is 2. The molecule has 0 heterocycles. The van der Waals surface area contributed by atoms with Crippen molar-refractivity contribution in [2.45, 2.75) is 46.0 Å². The molecule has 0 saturated heterocycles. The van der Waals surface area contributed by atoms with Crippen LogP contribution in [0.4, 0.5) is 4.39 Å². The van der Waals surface area contributed by atoms with E-state index in [1.165, 1.54) is 12.1 Å². The fraction of sp³-hybridized carbons (Fsp3) is 0.611. The molecule has 4 atom stereocenters. The number of halogens is 1. The first kappa shape index (κ1) is 13.8. The summed E-state index contributed by atoms with van der Waals surface area (Å²) in [7, 11) is 0.